The van der Waals surface area contributed by atoms with Crippen LogP contribution >= 0.6 is 11.3 Å². The van der Waals surface area contributed by atoms with E-state index < -0.39 is 0 Å². The molecule has 2 aliphatic rings. The van der Waals surface area contributed by atoms with Crippen LogP contribution in [0.2, 0.25) is 0 Å². The molecule has 3 nitrogen and oxygen atoms in total. The van der Waals surface area contributed by atoms with Crippen LogP contribution in [-0.2, 0) is 6.42 Å². The molecule has 1 aromatic rings. The summed E-state index contributed by atoms with van der Waals surface area (Å²) in [4.78, 5) is 8.47. The third kappa shape index (κ3) is 1.96. The highest BCUT2D eigenvalue weighted by Gasteiger charge is 2.26. The van der Waals surface area contributed by atoms with Gasteiger partial charge in [0.2, 0.25) is 0 Å². The van der Waals surface area contributed by atoms with Gasteiger partial charge in [-0.1, -0.05) is 0 Å². The van der Waals surface area contributed by atoms with Crippen molar-refractivity contribution in [2.24, 2.45) is 11.7 Å². The van der Waals surface area contributed by atoms with Crippen molar-refractivity contribution in [2.75, 3.05) is 18.5 Å². The number of nitrogens with two attached hydrogens (primary N) is 1. The highest BCUT2D eigenvalue weighted by Crippen LogP contribution is 2.37. The van der Waals surface area contributed by atoms with E-state index in [9.17, 15) is 0 Å². The Morgan fingerprint density at radius 2 is 2.25 bits per heavy atom. The monoisotopic (exact) mass is 237 g/mol. The van der Waals surface area contributed by atoms with Crippen LogP contribution < -0.4 is 10.6 Å². The predicted molar refractivity (Wildman–Crippen MR) is 68.0 cm³/mol. The minimum Gasteiger partial charge on any atom is -0.351 e. The summed E-state index contributed by atoms with van der Waals surface area (Å²) >= 11 is 1.85. The molecule has 2 aliphatic carbocycles. The predicted octanol–water partition coefficient (Wildman–Crippen LogP) is 2.33. The second kappa shape index (κ2) is 4.00. The first-order valence-corrected chi connectivity index (χ1v) is 7.02. The van der Waals surface area contributed by atoms with E-state index in [1.54, 1.807) is 0 Å². The van der Waals surface area contributed by atoms with Crippen molar-refractivity contribution in [3.8, 4) is 0 Å². The van der Waals surface area contributed by atoms with Crippen molar-refractivity contribution in [1.82, 2.24) is 4.98 Å². The molecule has 0 bridgehead atoms. The molecule has 0 radical (unpaired) electrons. The number of nitrogens with zero attached hydrogens (tertiary/aromatic N) is 2. The van der Waals surface area contributed by atoms with Gasteiger partial charge in [0, 0.05) is 24.5 Å². The van der Waals surface area contributed by atoms with Gasteiger partial charge in [-0.3, -0.25) is 0 Å². The summed E-state index contributed by atoms with van der Waals surface area (Å²) in [6.45, 7) is 1.17. The molecule has 0 aliphatic heterocycles. The molecule has 1 atom stereocenters. The average molecular weight is 237 g/mol. The van der Waals surface area contributed by atoms with Gasteiger partial charge in [-0.2, -0.15) is 0 Å². The van der Waals surface area contributed by atoms with Crippen LogP contribution in [0.25, 0.3) is 0 Å². The minimum atomic E-state index is 0.183. The van der Waals surface area contributed by atoms with Crippen molar-refractivity contribution in [2.45, 2.75) is 38.1 Å². The Balaban J connectivity index is 1.79. The molecular weight excluding hydrogens is 218 g/mol. The molecule has 0 spiro atoms. The van der Waals surface area contributed by atoms with E-state index in [0.29, 0.717) is 0 Å². The van der Waals surface area contributed by atoms with Crippen molar-refractivity contribution < 1.29 is 0 Å². The number of hydrogen-bond acceptors (Lipinski definition) is 4. The van der Waals surface area contributed by atoms with Gasteiger partial charge in [0.05, 0.1) is 5.69 Å². The lowest BCUT2D eigenvalue weighted by molar-refractivity contribution is 0.563. The maximum Gasteiger partial charge on any atom is 0.185 e. The molecule has 4 heteroatoms. The third-order valence-corrected chi connectivity index (χ3v) is 4.79. The van der Waals surface area contributed by atoms with Crippen molar-refractivity contribution >= 4 is 16.5 Å². The van der Waals surface area contributed by atoms with E-state index in [1.165, 1.54) is 47.9 Å². The Hall–Kier alpha value is -0.610. The van der Waals surface area contributed by atoms with Crippen LogP contribution in [0.3, 0.4) is 0 Å². The first kappa shape index (κ1) is 10.5. The summed E-state index contributed by atoms with van der Waals surface area (Å²) < 4.78 is 0. The van der Waals surface area contributed by atoms with Crippen LogP contribution in [0.15, 0.2) is 0 Å². The molecule has 16 heavy (non-hydrogen) atoms. The summed E-state index contributed by atoms with van der Waals surface area (Å²) in [6.07, 6.45) is 6.30. The van der Waals surface area contributed by atoms with Crippen LogP contribution in [0, 0.1) is 5.92 Å². The van der Waals surface area contributed by atoms with Gasteiger partial charge >= 0.3 is 0 Å². The zero-order valence-electron chi connectivity index (χ0n) is 9.78. The summed E-state index contributed by atoms with van der Waals surface area (Å²) in [5.41, 5.74) is 7.27. The summed E-state index contributed by atoms with van der Waals surface area (Å²) in [5.74, 6) is 0.916. The lowest BCUT2D eigenvalue weighted by Crippen LogP contribution is -2.20. The molecule has 2 N–H and O–H groups in total. The van der Waals surface area contributed by atoms with Gasteiger partial charge in [-0.25, -0.2) is 4.98 Å². The maximum atomic E-state index is 6.10. The maximum absolute atomic E-state index is 6.10. The Morgan fingerprint density at radius 1 is 1.44 bits per heavy atom. The summed E-state index contributed by atoms with van der Waals surface area (Å²) in [5, 5.41) is 1.18. The zero-order chi connectivity index (χ0) is 11.1. The van der Waals surface area contributed by atoms with E-state index in [4.69, 9.17) is 10.7 Å². The van der Waals surface area contributed by atoms with Crippen LogP contribution in [0.5, 0.6) is 0 Å². The number of aromatic nitrogens is 1. The van der Waals surface area contributed by atoms with Gasteiger partial charge in [0.1, 0.15) is 0 Å². The van der Waals surface area contributed by atoms with Gasteiger partial charge in [0.15, 0.2) is 5.13 Å². The zero-order valence-corrected chi connectivity index (χ0v) is 10.6. The van der Waals surface area contributed by atoms with Gasteiger partial charge in [-0.15, -0.1) is 11.3 Å². The minimum absolute atomic E-state index is 0.183. The van der Waals surface area contributed by atoms with Crippen molar-refractivity contribution in [1.29, 1.82) is 0 Å². The normalized spacial score (nSPS) is 24.2. The van der Waals surface area contributed by atoms with E-state index in [0.717, 1.165) is 12.3 Å². The third-order valence-electron chi connectivity index (χ3n) is 3.54. The van der Waals surface area contributed by atoms with Crippen molar-refractivity contribution in [3.63, 3.8) is 0 Å². The lowest BCUT2D eigenvalue weighted by atomic mass is 9.99. The quantitative estimate of drug-likeness (QED) is 0.877. The standard InChI is InChI=1S/C12H19N3S/c1-15(7-8-5-6-8)12-14-11-9(13)3-2-4-10(11)16-12/h8-9H,2-7,13H2,1H3. The number of aryl methyl sites for hydroxylation is 1. The molecule has 1 unspecified atom stereocenters. The molecular formula is C12H19N3S. The topological polar surface area (TPSA) is 42.2 Å². The molecule has 0 amide bonds. The first-order chi connectivity index (χ1) is 7.74. The Bertz CT molecular complexity index is 384. The Kier molecular flexibility index (Phi) is 2.64. The Labute approximate surface area is 101 Å². The lowest BCUT2D eigenvalue weighted by Gasteiger charge is -2.16. The number of fused-ring (bicyclic) bond motifs is 1. The molecule has 1 aromatic heterocycles. The summed E-state index contributed by atoms with van der Waals surface area (Å²) in [7, 11) is 2.16. The molecule has 88 valence electrons. The van der Waals surface area contributed by atoms with E-state index in [1.807, 2.05) is 11.3 Å². The van der Waals surface area contributed by atoms with E-state index >= 15 is 0 Å². The SMILES string of the molecule is CN(CC1CC1)c1nc2c(s1)CCCC2N. The highest BCUT2D eigenvalue weighted by molar-refractivity contribution is 7.15. The largest absolute Gasteiger partial charge is 0.351 e. The number of rotatable bonds is 3. The van der Waals surface area contributed by atoms with Crippen LogP contribution in [0.4, 0.5) is 5.13 Å². The van der Waals surface area contributed by atoms with Crippen LogP contribution in [0.1, 0.15) is 42.3 Å². The average Bonchev–Trinajstić information content (AvgIpc) is 2.95. The number of hydrogen-bond donors (Lipinski definition) is 1. The summed E-state index contributed by atoms with van der Waals surface area (Å²) in [6, 6.07) is 0.183. The van der Waals surface area contributed by atoms with Crippen LogP contribution in [-0.4, -0.2) is 18.6 Å². The van der Waals surface area contributed by atoms with Gasteiger partial charge in [0.25, 0.3) is 0 Å². The van der Waals surface area contributed by atoms with Gasteiger partial charge in [-0.05, 0) is 38.0 Å². The van der Waals surface area contributed by atoms with E-state index in [2.05, 4.69) is 11.9 Å². The fourth-order valence-corrected chi connectivity index (χ4v) is 3.51. The fourth-order valence-electron chi connectivity index (χ4n) is 2.37. The number of anilines is 1. The second-order valence-electron chi connectivity index (χ2n) is 5.13. The van der Waals surface area contributed by atoms with Gasteiger partial charge < -0.3 is 10.6 Å². The highest BCUT2D eigenvalue weighted by atomic mass is 32.1. The first-order valence-electron chi connectivity index (χ1n) is 6.20. The molecule has 0 saturated heterocycles. The molecule has 1 saturated carbocycles. The molecule has 1 heterocycles. The molecule has 1 fully saturated rings. The second-order valence-corrected chi connectivity index (χ2v) is 6.19. The van der Waals surface area contributed by atoms with E-state index in [-0.39, 0.29) is 6.04 Å². The molecule has 0 aromatic carbocycles. The Morgan fingerprint density at radius 3 is 2.94 bits per heavy atom. The van der Waals surface area contributed by atoms with Crippen molar-refractivity contribution in [3.05, 3.63) is 10.6 Å². The molecule has 3 rings (SSSR count). The fraction of sp³-hybridized carbons (Fsp3) is 0.750. The smallest absolute Gasteiger partial charge is 0.185 e. The number of thiazole rings is 1.